The van der Waals surface area contributed by atoms with E-state index in [1.807, 2.05) is 18.2 Å². The number of methoxy groups -OCH3 is 2. The van der Waals surface area contributed by atoms with Gasteiger partial charge in [-0.05, 0) is 24.1 Å². The summed E-state index contributed by atoms with van der Waals surface area (Å²) in [6.45, 7) is 5.08. The molecule has 2 aromatic carbocycles. The molecule has 0 aliphatic heterocycles. The standard InChI is InChI=1S/C21H31N2O2/c1-6-17-7-9-18(10-8-17)16-23(2,3)14-13-22-20-15-19(24-4)11-12-21(20)25-5/h7-12,15,22H,6,13-14,16H2,1-5H3/q+1. The van der Waals surface area contributed by atoms with Crippen LogP contribution in [0.2, 0.25) is 0 Å². The molecule has 136 valence electrons. The summed E-state index contributed by atoms with van der Waals surface area (Å²) in [5.41, 5.74) is 3.73. The molecule has 0 heterocycles. The molecule has 1 N–H and O–H groups in total. The average Bonchev–Trinajstić information content (AvgIpc) is 2.61. The smallest absolute Gasteiger partial charge is 0.142 e. The van der Waals surface area contributed by atoms with Crippen molar-refractivity contribution in [1.82, 2.24) is 0 Å². The molecule has 4 heteroatoms. The molecule has 2 rings (SSSR count). The second kappa shape index (κ2) is 8.77. The lowest BCUT2D eigenvalue weighted by Crippen LogP contribution is -2.42. The first-order valence-electron chi connectivity index (χ1n) is 8.83. The maximum atomic E-state index is 5.42. The molecule has 0 saturated heterocycles. The van der Waals surface area contributed by atoms with Gasteiger partial charge in [-0.2, -0.15) is 0 Å². The summed E-state index contributed by atoms with van der Waals surface area (Å²) in [5, 5.41) is 3.48. The van der Waals surface area contributed by atoms with E-state index in [0.29, 0.717) is 0 Å². The van der Waals surface area contributed by atoms with Crippen molar-refractivity contribution in [3.8, 4) is 11.5 Å². The van der Waals surface area contributed by atoms with Gasteiger partial charge in [-0.25, -0.2) is 0 Å². The third-order valence-corrected chi connectivity index (χ3v) is 4.48. The highest BCUT2D eigenvalue weighted by atomic mass is 16.5. The Labute approximate surface area is 152 Å². The van der Waals surface area contributed by atoms with Crippen molar-refractivity contribution < 1.29 is 14.0 Å². The minimum Gasteiger partial charge on any atom is -0.497 e. The SMILES string of the molecule is CCc1ccc(C[N+](C)(C)CCNc2cc(OC)ccc2OC)cc1. The van der Waals surface area contributed by atoms with Gasteiger partial charge >= 0.3 is 0 Å². The average molecular weight is 343 g/mol. The molecule has 0 aromatic heterocycles. The largest absolute Gasteiger partial charge is 0.497 e. The Kier molecular flexibility index (Phi) is 6.71. The lowest BCUT2D eigenvalue weighted by atomic mass is 10.1. The van der Waals surface area contributed by atoms with E-state index < -0.39 is 0 Å². The number of quaternary nitrogens is 1. The van der Waals surface area contributed by atoms with Crippen LogP contribution in [0.5, 0.6) is 11.5 Å². The number of nitrogens with zero attached hydrogens (tertiary/aromatic N) is 1. The fourth-order valence-electron chi connectivity index (χ4n) is 2.90. The number of nitrogens with one attached hydrogen (secondary N) is 1. The molecule has 4 nitrogen and oxygen atoms in total. The zero-order chi connectivity index (χ0) is 18.3. The first kappa shape index (κ1) is 19.1. The number of hydrogen-bond acceptors (Lipinski definition) is 3. The molecular weight excluding hydrogens is 312 g/mol. The van der Waals surface area contributed by atoms with E-state index >= 15 is 0 Å². The number of rotatable bonds is 9. The van der Waals surface area contributed by atoms with Gasteiger partial charge in [0.1, 0.15) is 18.0 Å². The van der Waals surface area contributed by atoms with Crippen molar-refractivity contribution >= 4 is 5.69 Å². The predicted molar refractivity (Wildman–Crippen MR) is 105 cm³/mol. The van der Waals surface area contributed by atoms with Crippen molar-refractivity contribution in [2.24, 2.45) is 0 Å². The van der Waals surface area contributed by atoms with Crippen LogP contribution in [0, 0.1) is 0 Å². The number of anilines is 1. The highest BCUT2D eigenvalue weighted by molar-refractivity contribution is 5.59. The Bertz CT molecular complexity index is 666. The number of ether oxygens (including phenoxy) is 2. The van der Waals surface area contributed by atoms with Crippen LogP contribution in [-0.2, 0) is 13.0 Å². The molecule has 0 unspecified atom stereocenters. The van der Waals surface area contributed by atoms with E-state index in [4.69, 9.17) is 9.47 Å². The zero-order valence-electron chi connectivity index (χ0n) is 16.1. The molecule has 0 fully saturated rings. The highest BCUT2D eigenvalue weighted by Gasteiger charge is 2.16. The predicted octanol–water partition coefficient (Wildman–Crippen LogP) is 3.95. The van der Waals surface area contributed by atoms with Gasteiger partial charge in [-0.15, -0.1) is 0 Å². The van der Waals surface area contributed by atoms with Crippen LogP contribution in [0.25, 0.3) is 0 Å². The van der Waals surface area contributed by atoms with E-state index in [2.05, 4.69) is 50.6 Å². The summed E-state index contributed by atoms with van der Waals surface area (Å²) in [6, 6.07) is 14.8. The Morgan fingerprint density at radius 3 is 2.20 bits per heavy atom. The Morgan fingerprint density at radius 2 is 1.60 bits per heavy atom. The van der Waals surface area contributed by atoms with Gasteiger partial charge in [-0.3, -0.25) is 0 Å². The fraction of sp³-hybridized carbons (Fsp3) is 0.429. The summed E-state index contributed by atoms with van der Waals surface area (Å²) >= 11 is 0. The van der Waals surface area contributed by atoms with Crippen molar-refractivity contribution in [3.05, 3.63) is 53.6 Å². The summed E-state index contributed by atoms with van der Waals surface area (Å²) in [6.07, 6.45) is 1.09. The number of likely N-dealkylation sites (N-methyl/N-ethyl adjacent to an activating group) is 1. The topological polar surface area (TPSA) is 30.5 Å². The van der Waals surface area contributed by atoms with Crippen LogP contribution in [-0.4, -0.2) is 45.9 Å². The van der Waals surface area contributed by atoms with Crippen LogP contribution < -0.4 is 14.8 Å². The van der Waals surface area contributed by atoms with Gasteiger partial charge in [0.2, 0.25) is 0 Å². The molecule has 2 aromatic rings. The molecule has 0 bridgehead atoms. The third-order valence-electron chi connectivity index (χ3n) is 4.48. The Morgan fingerprint density at radius 1 is 0.920 bits per heavy atom. The lowest BCUT2D eigenvalue weighted by molar-refractivity contribution is -0.902. The van der Waals surface area contributed by atoms with Gasteiger partial charge in [0.25, 0.3) is 0 Å². The quantitative estimate of drug-likeness (QED) is 0.699. The molecule has 0 spiro atoms. The third kappa shape index (κ3) is 5.68. The molecule has 0 saturated carbocycles. The van der Waals surface area contributed by atoms with E-state index in [9.17, 15) is 0 Å². The summed E-state index contributed by atoms with van der Waals surface area (Å²) < 4.78 is 11.6. The van der Waals surface area contributed by atoms with Crippen LogP contribution in [0.15, 0.2) is 42.5 Å². The van der Waals surface area contributed by atoms with Crippen LogP contribution in [0.3, 0.4) is 0 Å². The van der Waals surface area contributed by atoms with E-state index in [1.165, 1.54) is 11.1 Å². The van der Waals surface area contributed by atoms with Gasteiger partial charge in [-0.1, -0.05) is 31.2 Å². The van der Waals surface area contributed by atoms with Gasteiger partial charge in [0.05, 0.1) is 47.1 Å². The molecule has 0 amide bonds. The number of hydrogen-bond donors (Lipinski definition) is 1. The summed E-state index contributed by atoms with van der Waals surface area (Å²) in [7, 11) is 7.89. The van der Waals surface area contributed by atoms with Crippen LogP contribution in [0.1, 0.15) is 18.1 Å². The monoisotopic (exact) mass is 343 g/mol. The van der Waals surface area contributed by atoms with E-state index in [-0.39, 0.29) is 0 Å². The van der Waals surface area contributed by atoms with Gasteiger partial charge in [0.15, 0.2) is 0 Å². The van der Waals surface area contributed by atoms with Gasteiger partial charge in [0, 0.05) is 11.6 Å². The second-order valence-corrected chi connectivity index (χ2v) is 6.98. The normalized spacial score (nSPS) is 11.2. The second-order valence-electron chi connectivity index (χ2n) is 6.98. The maximum absolute atomic E-state index is 5.42. The Balaban J connectivity index is 1.93. The first-order valence-corrected chi connectivity index (χ1v) is 8.83. The minimum absolute atomic E-state index is 0.827. The summed E-state index contributed by atoms with van der Waals surface area (Å²) in [5.74, 6) is 1.66. The molecular formula is C21H31N2O2+. The van der Waals surface area contributed by atoms with E-state index in [0.717, 1.165) is 47.7 Å². The molecule has 0 aliphatic rings. The number of benzene rings is 2. The van der Waals surface area contributed by atoms with Gasteiger partial charge < -0.3 is 19.3 Å². The molecule has 25 heavy (non-hydrogen) atoms. The lowest BCUT2D eigenvalue weighted by Gasteiger charge is -2.30. The fourth-order valence-corrected chi connectivity index (χ4v) is 2.90. The molecule has 0 aliphatic carbocycles. The van der Waals surface area contributed by atoms with Crippen molar-refractivity contribution in [3.63, 3.8) is 0 Å². The maximum Gasteiger partial charge on any atom is 0.142 e. The van der Waals surface area contributed by atoms with Crippen molar-refractivity contribution in [2.45, 2.75) is 19.9 Å². The summed E-state index contributed by atoms with van der Waals surface area (Å²) in [4.78, 5) is 0. The molecule has 0 radical (unpaired) electrons. The minimum atomic E-state index is 0.827. The first-order chi connectivity index (χ1) is 12.0. The van der Waals surface area contributed by atoms with Crippen molar-refractivity contribution in [2.75, 3.05) is 46.7 Å². The number of aryl methyl sites for hydroxylation is 1. The van der Waals surface area contributed by atoms with Crippen LogP contribution >= 0.6 is 0 Å². The molecule has 0 atom stereocenters. The van der Waals surface area contributed by atoms with E-state index in [1.54, 1.807) is 14.2 Å². The Hall–Kier alpha value is -2.20. The highest BCUT2D eigenvalue weighted by Crippen LogP contribution is 2.28. The van der Waals surface area contributed by atoms with Crippen molar-refractivity contribution in [1.29, 1.82) is 0 Å². The van der Waals surface area contributed by atoms with Crippen LogP contribution in [0.4, 0.5) is 5.69 Å². The zero-order valence-corrected chi connectivity index (χ0v) is 16.1.